The molecule has 0 atom stereocenters. The van der Waals surface area contributed by atoms with Crippen LogP contribution >= 0.6 is 11.3 Å². The van der Waals surface area contributed by atoms with Crippen LogP contribution in [-0.2, 0) is 16.0 Å². The van der Waals surface area contributed by atoms with Gasteiger partial charge in [-0.2, -0.15) is 0 Å². The van der Waals surface area contributed by atoms with Crippen LogP contribution in [0.3, 0.4) is 0 Å². The second-order valence-electron chi connectivity index (χ2n) is 6.33. The molecule has 3 rings (SSSR count). The number of benzene rings is 2. The van der Waals surface area contributed by atoms with Gasteiger partial charge in [-0.3, -0.25) is 9.59 Å². The monoisotopic (exact) mass is 408 g/mol. The Morgan fingerprint density at radius 1 is 1.03 bits per heavy atom. The number of aromatic nitrogens is 1. The molecule has 7 heteroatoms. The predicted octanol–water partition coefficient (Wildman–Crippen LogP) is 3.53. The number of thiazole rings is 1. The molecule has 1 heterocycles. The summed E-state index contributed by atoms with van der Waals surface area (Å²) in [5.74, 6) is -0.983. The first-order chi connectivity index (χ1) is 14.0. The summed E-state index contributed by atoms with van der Waals surface area (Å²) in [4.78, 5) is 39.6. The number of amides is 1. The highest BCUT2D eigenvalue weighted by Gasteiger charge is 2.15. The maximum absolute atomic E-state index is 12.3. The third kappa shape index (κ3) is 5.83. The molecule has 1 amide bonds. The molecule has 0 saturated carbocycles. The lowest BCUT2D eigenvalue weighted by Gasteiger charge is -2.05. The molecule has 0 aliphatic heterocycles. The van der Waals surface area contributed by atoms with Gasteiger partial charge in [0.2, 0.25) is 5.91 Å². The summed E-state index contributed by atoms with van der Waals surface area (Å²) in [5, 5.41) is 5.07. The number of ether oxygens (including phenoxy) is 1. The van der Waals surface area contributed by atoms with Gasteiger partial charge >= 0.3 is 5.97 Å². The average Bonchev–Trinajstić information content (AvgIpc) is 3.23. The first kappa shape index (κ1) is 20.4. The van der Waals surface area contributed by atoms with Crippen LogP contribution in [0.2, 0.25) is 0 Å². The van der Waals surface area contributed by atoms with Crippen LogP contribution in [0.15, 0.2) is 60.0 Å². The Balaban J connectivity index is 1.52. The Labute approximate surface area is 172 Å². The number of nitrogens with one attached hydrogen (secondary N) is 1. The van der Waals surface area contributed by atoms with Gasteiger partial charge in [0.25, 0.3) is 0 Å². The molecule has 2 aromatic carbocycles. The summed E-state index contributed by atoms with van der Waals surface area (Å²) in [6.07, 6.45) is 0.677. The second-order valence-corrected chi connectivity index (χ2v) is 7.19. The minimum Gasteiger partial charge on any atom is -0.453 e. The predicted molar refractivity (Wildman–Crippen MR) is 111 cm³/mol. The maximum Gasteiger partial charge on any atom is 0.358 e. The summed E-state index contributed by atoms with van der Waals surface area (Å²) in [6, 6.07) is 16.6. The maximum atomic E-state index is 12.3. The number of hydrogen-bond donors (Lipinski definition) is 1. The lowest BCUT2D eigenvalue weighted by atomic mass is 10.1. The summed E-state index contributed by atoms with van der Waals surface area (Å²) in [6.45, 7) is 1.66. The van der Waals surface area contributed by atoms with Gasteiger partial charge in [0.15, 0.2) is 18.1 Å². The largest absolute Gasteiger partial charge is 0.453 e. The van der Waals surface area contributed by atoms with Gasteiger partial charge in [-0.1, -0.05) is 54.6 Å². The van der Waals surface area contributed by atoms with Crippen LogP contribution in [0.1, 0.15) is 33.3 Å². The van der Waals surface area contributed by atoms with E-state index in [2.05, 4.69) is 10.3 Å². The molecule has 0 aliphatic carbocycles. The molecular weight excluding hydrogens is 388 g/mol. The lowest BCUT2D eigenvalue weighted by Crippen LogP contribution is -2.22. The molecule has 0 aliphatic rings. The van der Waals surface area contributed by atoms with E-state index < -0.39 is 5.97 Å². The van der Waals surface area contributed by atoms with Gasteiger partial charge in [0, 0.05) is 30.0 Å². The Bertz CT molecular complexity index is 997. The number of carbonyl (C=O) groups excluding carboxylic acids is 3. The summed E-state index contributed by atoms with van der Waals surface area (Å²) in [7, 11) is 0. The summed E-state index contributed by atoms with van der Waals surface area (Å²) < 4.78 is 5.12. The zero-order chi connectivity index (χ0) is 20.6. The smallest absolute Gasteiger partial charge is 0.358 e. The molecular formula is C22H20N2O4S. The molecule has 0 saturated heterocycles. The highest BCUT2D eigenvalue weighted by molar-refractivity contribution is 7.13. The van der Waals surface area contributed by atoms with Crippen LogP contribution in [-0.4, -0.2) is 35.8 Å². The quantitative estimate of drug-likeness (QED) is 0.455. The van der Waals surface area contributed by atoms with Gasteiger partial charge in [-0.15, -0.1) is 11.3 Å². The van der Waals surface area contributed by atoms with E-state index in [0.717, 1.165) is 16.1 Å². The van der Waals surface area contributed by atoms with Gasteiger partial charge in [-0.05, 0) is 12.0 Å². The van der Waals surface area contributed by atoms with Gasteiger partial charge < -0.3 is 10.1 Å². The van der Waals surface area contributed by atoms with Crippen molar-refractivity contribution in [1.29, 1.82) is 0 Å². The normalized spacial score (nSPS) is 10.4. The number of carbonyl (C=O) groups is 3. The van der Waals surface area contributed by atoms with Gasteiger partial charge in [-0.25, -0.2) is 9.78 Å². The van der Waals surface area contributed by atoms with E-state index in [1.54, 1.807) is 17.5 Å². The molecule has 0 unspecified atom stereocenters. The van der Waals surface area contributed by atoms with Crippen molar-refractivity contribution in [3.05, 3.63) is 76.8 Å². The van der Waals surface area contributed by atoms with E-state index >= 15 is 0 Å². The molecule has 6 nitrogen and oxygen atoms in total. The fourth-order valence-electron chi connectivity index (χ4n) is 2.61. The number of rotatable bonds is 8. The van der Waals surface area contributed by atoms with Gasteiger partial charge in [0.05, 0.1) is 0 Å². The molecule has 0 bridgehead atoms. The van der Waals surface area contributed by atoms with Crippen molar-refractivity contribution in [2.45, 2.75) is 13.3 Å². The first-order valence-corrected chi connectivity index (χ1v) is 9.95. The molecule has 1 N–H and O–H groups in total. The molecule has 1 aromatic heterocycles. The standard InChI is InChI=1S/C22H20N2O4S/c1-15(25)23-12-11-16-7-9-17(10-8-16)20(26)13-28-22(27)19-14-29-21(24-19)18-5-3-2-4-6-18/h2-10,14H,11-13H2,1H3,(H,23,25). The SMILES string of the molecule is CC(=O)NCCc1ccc(C(=O)COC(=O)c2csc(-c3ccccc3)n2)cc1. The average molecular weight is 408 g/mol. The van der Waals surface area contributed by atoms with E-state index in [9.17, 15) is 14.4 Å². The van der Waals surface area contributed by atoms with Gasteiger partial charge in [0.1, 0.15) is 5.01 Å². The molecule has 0 radical (unpaired) electrons. The number of hydrogen-bond acceptors (Lipinski definition) is 6. The third-order valence-electron chi connectivity index (χ3n) is 4.13. The Morgan fingerprint density at radius 3 is 2.45 bits per heavy atom. The minimum atomic E-state index is -0.622. The number of esters is 1. The molecule has 148 valence electrons. The van der Waals surface area contributed by atoms with Crippen LogP contribution in [0.4, 0.5) is 0 Å². The first-order valence-electron chi connectivity index (χ1n) is 9.07. The van der Waals surface area contributed by atoms with Crippen LogP contribution < -0.4 is 5.32 Å². The van der Waals surface area contributed by atoms with E-state index in [1.165, 1.54) is 18.3 Å². The highest BCUT2D eigenvalue weighted by Crippen LogP contribution is 2.23. The van der Waals surface area contributed by atoms with Crippen molar-refractivity contribution in [3.63, 3.8) is 0 Å². The van der Waals surface area contributed by atoms with Crippen molar-refractivity contribution >= 4 is 29.0 Å². The fourth-order valence-corrected chi connectivity index (χ4v) is 3.40. The van der Waals surface area contributed by atoms with Crippen LogP contribution in [0, 0.1) is 0 Å². The third-order valence-corrected chi connectivity index (χ3v) is 5.02. The van der Waals surface area contributed by atoms with Crippen LogP contribution in [0.25, 0.3) is 10.6 Å². The number of Topliss-reactive ketones (excluding diaryl/α,β-unsaturated/α-hetero) is 1. The summed E-state index contributed by atoms with van der Waals surface area (Å²) >= 11 is 1.35. The molecule has 29 heavy (non-hydrogen) atoms. The Morgan fingerprint density at radius 2 is 1.76 bits per heavy atom. The minimum absolute atomic E-state index is 0.0744. The van der Waals surface area contributed by atoms with E-state index in [-0.39, 0.29) is 24.0 Å². The summed E-state index contributed by atoms with van der Waals surface area (Å²) in [5.41, 5.74) is 2.58. The second kappa shape index (κ2) is 9.75. The van der Waals surface area contributed by atoms with E-state index in [1.807, 2.05) is 42.5 Å². The number of ketones is 1. The molecule has 0 spiro atoms. The van der Waals surface area contributed by atoms with Crippen molar-refractivity contribution in [1.82, 2.24) is 10.3 Å². The molecule has 0 fully saturated rings. The van der Waals surface area contributed by atoms with Crippen molar-refractivity contribution in [3.8, 4) is 10.6 Å². The van der Waals surface area contributed by atoms with E-state index in [0.29, 0.717) is 18.5 Å². The fraction of sp³-hybridized carbons (Fsp3) is 0.182. The van der Waals surface area contributed by atoms with Crippen molar-refractivity contribution in [2.24, 2.45) is 0 Å². The Hall–Kier alpha value is -3.32. The number of nitrogens with zero attached hydrogens (tertiary/aromatic N) is 1. The van der Waals surface area contributed by atoms with Crippen molar-refractivity contribution < 1.29 is 19.1 Å². The Kier molecular flexibility index (Phi) is 6.86. The lowest BCUT2D eigenvalue weighted by molar-refractivity contribution is -0.118. The highest BCUT2D eigenvalue weighted by atomic mass is 32.1. The topological polar surface area (TPSA) is 85.4 Å². The van der Waals surface area contributed by atoms with E-state index in [4.69, 9.17) is 4.74 Å². The zero-order valence-corrected chi connectivity index (χ0v) is 16.7. The van der Waals surface area contributed by atoms with Crippen molar-refractivity contribution in [2.75, 3.05) is 13.2 Å². The zero-order valence-electron chi connectivity index (χ0n) is 15.9. The molecule has 3 aromatic rings. The van der Waals surface area contributed by atoms with Crippen LogP contribution in [0.5, 0.6) is 0 Å².